The van der Waals surface area contributed by atoms with E-state index in [2.05, 4.69) is 20.5 Å². The van der Waals surface area contributed by atoms with Crippen LogP contribution in [0, 0.1) is 17.5 Å². The molecule has 0 spiro atoms. The second kappa shape index (κ2) is 7.55. The highest BCUT2D eigenvalue weighted by molar-refractivity contribution is 7.22. The van der Waals surface area contributed by atoms with Gasteiger partial charge in [-0.05, 0) is 12.1 Å². The maximum Gasteiger partial charge on any atom is 0.359 e. The summed E-state index contributed by atoms with van der Waals surface area (Å²) in [5, 5.41) is 8.41. The van der Waals surface area contributed by atoms with Crippen LogP contribution in [0.2, 0.25) is 0 Å². The molecule has 0 bridgehead atoms. The molecule has 0 atom stereocenters. The Morgan fingerprint density at radius 3 is 2.63 bits per heavy atom. The lowest BCUT2D eigenvalue weighted by Crippen LogP contribution is -2.22. The van der Waals surface area contributed by atoms with Gasteiger partial charge < -0.3 is 4.74 Å². The van der Waals surface area contributed by atoms with Crippen LogP contribution in [-0.4, -0.2) is 33.7 Å². The lowest BCUT2D eigenvalue weighted by Gasteiger charge is -2.06. The van der Waals surface area contributed by atoms with Crippen LogP contribution < -0.4 is 10.9 Å². The summed E-state index contributed by atoms with van der Waals surface area (Å²) in [6, 6.07) is 6.97. The summed E-state index contributed by atoms with van der Waals surface area (Å²) in [5.41, 5.74) is -1.11. The SMILES string of the molecule is O=C(COC(=O)c1n[nH]c(=O)c2ccccc12)Nc1nc2c(F)c(F)c(F)cc2s1. The van der Waals surface area contributed by atoms with Crippen molar-refractivity contribution in [3.8, 4) is 0 Å². The first-order valence-corrected chi connectivity index (χ1v) is 9.05. The molecule has 4 aromatic rings. The number of halogens is 3. The summed E-state index contributed by atoms with van der Waals surface area (Å²) in [4.78, 5) is 39.7. The quantitative estimate of drug-likeness (QED) is 0.377. The first-order chi connectivity index (χ1) is 14.3. The molecule has 2 N–H and O–H groups in total. The minimum absolute atomic E-state index is 0.0115. The molecule has 0 aliphatic rings. The molecule has 1 amide bonds. The molecule has 4 rings (SSSR count). The number of fused-ring (bicyclic) bond motifs is 2. The van der Waals surface area contributed by atoms with E-state index in [9.17, 15) is 27.6 Å². The monoisotopic (exact) mass is 434 g/mol. The number of hydrogen-bond acceptors (Lipinski definition) is 7. The highest BCUT2D eigenvalue weighted by Crippen LogP contribution is 2.30. The third kappa shape index (κ3) is 3.48. The van der Waals surface area contributed by atoms with Gasteiger partial charge in [-0.25, -0.2) is 28.0 Å². The number of thiazole rings is 1. The molecule has 0 aliphatic carbocycles. The number of aromatic amines is 1. The van der Waals surface area contributed by atoms with Gasteiger partial charge >= 0.3 is 5.97 Å². The van der Waals surface area contributed by atoms with Crippen LogP contribution in [0.4, 0.5) is 18.3 Å². The van der Waals surface area contributed by atoms with Crippen molar-refractivity contribution in [2.45, 2.75) is 0 Å². The molecule has 30 heavy (non-hydrogen) atoms. The van der Waals surface area contributed by atoms with E-state index in [4.69, 9.17) is 4.74 Å². The molecule has 0 saturated carbocycles. The summed E-state index contributed by atoms with van der Waals surface area (Å²) >= 11 is 0.714. The third-order valence-electron chi connectivity index (χ3n) is 3.99. The highest BCUT2D eigenvalue weighted by atomic mass is 32.1. The van der Waals surface area contributed by atoms with Crippen molar-refractivity contribution in [3.63, 3.8) is 0 Å². The van der Waals surface area contributed by atoms with Gasteiger partial charge in [-0.3, -0.25) is 14.9 Å². The molecule has 8 nitrogen and oxygen atoms in total. The number of benzene rings is 2. The Bertz CT molecular complexity index is 1390. The van der Waals surface area contributed by atoms with Crippen molar-refractivity contribution in [1.82, 2.24) is 15.2 Å². The van der Waals surface area contributed by atoms with Gasteiger partial charge in [-0.1, -0.05) is 29.5 Å². The number of rotatable bonds is 4. The molecular weight excluding hydrogens is 425 g/mol. The van der Waals surface area contributed by atoms with Crippen molar-refractivity contribution < 1.29 is 27.5 Å². The van der Waals surface area contributed by atoms with Crippen LogP contribution in [0.3, 0.4) is 0 Å². The molecule has 0 aliphatic heterocycles. The van der Waals surface area contributed by atoms with Crippen molar-refractivity contribution >= 4 is 49.3 Å². The molecule has 152 valence electrons. The predicted octanol–water partition coefficient (Wildman–Crippen LogP) is 2.75. The zero-order valence-electron chi connectivity index (χ0n) is 14.7. The largest absolute Gasteiger partial charge is 0.451 e. The van der Waals surface area contributed by atoms with Gasteiger partial charge in [0.2, 0.25) is 0 Å². The lowest BCUT2D eigenvalue weighted by atomic mass is 10.1. The number of aromatic nitrogens is 3. The fraction of sp³-hybridized carbons (Fsp3) is 0.0556. The van der Waals surface area contributed by atoms with Gasteiger partial charge in [-0.15, -0.1) is 0 Å². The molecule has 2 aromatic heterocycles. The molecular formula is C18H9F3N4O4S. The van der Waals surface area contributed by atoms with Crippen LogP contribution >= 0.6 is 11.3 Å². The Morgan fingerprint density at radius 1 is 1.13 bits per heavy atom. The average molecular weight is 434 g/mol. The maximum atomic E-state index is 13.7. The number of amides is 1. The van der Waals surface area contributed by atoms with E-state index < -0.39 is 47.0 Å². The molecule has 0 fully saturated rings. The fourth-order valence-corrected chi connectivity index (χ4v) is 3.56. The standard InChI is InChI=1S/C18H9F3N4O4S/c19-9-5-10-15(13(21)12(9)20)23-18(30-10)22-11(26)6-29-17(28)14-7-3-1-2-4-8(7)16(27)25-24-14/h1-5H,6H2,(H,25,27)(H,22,23,26). The Kier molecular flexibility index (Phi) is 4.91. The van der Waals surface area contributed by atoms with Crippen LogP contribution in [0.1, 0.15) is 10.5 Å². The van der Waals surface area contributed by atoms with Gasteiger partial charge in [0.25, 0.3) is 11.5 Å². The Morgan fingerprint density at radius 2 is 1.87 bits per heavy atom. The van der Waals surface area contributed by atoms with Crippen molar-refractivity contribution in [1.29, 1.82) is 0 Å². The molecule has 2 heterocycles. The Balaban J connectivity index is 1.47. The number of hydrogen-bond donors (Lipinski definition) is 2. The van der Waals surface area contributed by atoms with Gasteiger partial charge in [0.05, 0.1) is 10.1 Å². The van der Waals surface area contributed by atoms with Crippen molar-refractivity contribution in [2.24, 2.45) is 0 Å². The van der Waals surface area contributed by atoms with E-state index in [1.165, 1.54) is 12.1 Å². The van der Waals surface area contributed by atoms with E-state index in [1.54, 1.807) is 12.1 Å². The number of H-pyrrole nitrogens is 1. The normalized spacial score (nSPS) is 11.0. The minimum Gasteiger partial charge on any atom is -0.451 e. The van der Waals surface area contributed by atoms with E-state index in [-0.39, 0.29) is 26.3 Å². The third-order valence-corrected chi connectivity index (χ3v) is 4.91. The predicted molar refractivity (Wildman–Crippen MR) is 101 cm³/mol. The molecule has 0 saturated heterocycles. The maximum absolute atomic E-state index is 13.7. The highest BCUT2D eigenvalue weighted by Gasteiger charge is 2.20. The van der Waals surface area contributed by atoms with Crippen LogP contribution in [-0.2, 0) is 9.53 Å². The second-order valence-electron chi connectivity index (χ2n) is 5.92. The summed E-state index contributed by atoms with van der Waals surface area (Å²) in [6.07, 6.45) is 0. The molecule has 0 radical (unpaired) electrons. The number of carbonyl (C=O) groups excluding carboxylic acids is 2. The topological polar surface area (TPSA) is 114 Å². The van der Waals surface area contributed by atoms with Gasteiger partial charge in [0.1, 0.15) is 5.52 Å². The number of carbonyl (C=O) groups is 2. The summed E-state index contributed by atoms with van der Waals surface area (Å²) in [6.45, 7) is -0.741. The Labute approximate surface area is 168 Å². The number of nitrogens with zero attached hydrogens (tertiary/aromatic N) is 2. The smallest absolute Gasteiger partial charge is 0.359 e. The number of nitrogens with one attached hydrogen (secondary N) is 2. The van der Waals surface area contributed by atoms with Crippen LogP contribution in [0.25, 0.3) is 21.0 Å². The molecule has 0 unspecified atom stereocenters. The van der Waals surface area contributed by atoms with Gasteiger partial charge in [-0.2, -0.15) is 5.10 Å². The summed E-state index contributed by atoms with van der Waals surface area (Å²) < 4.78 is 45.2. The van der Waals surface area contributed by atoms with Crippen molar-refractivity contribution in [3.05, 3.63) is 63.8 Å². The van der Waals surface area contributed by atoms with Crippen molar-refractivity contribution in [2.75, 3.05) is 11.9 Å². The first-order valence-electron chi connectivity index (χ1n) is 8.23. The zero-order valence-corrected chi connectivity index (χ0v) is 15.5. The molecule has 12 heteroatoms. The number of ether oxygens (including phenoxy) is 1. The number of anilines is 1. The van der Waals surface area contributed by atoms with Gasteiger partial charge in [0.15, 0.2) is 34.9 Å². The summed E-state index contributed by atoms with van der Waals surface area (Å²) in [7, 11) is 0. The average Bonchev–Trinajstić information content (AvgIpc) is 3.13. The van der Waals surface area contributed by atoms with Crippen LogP contribution in [0.15, 0.2) is 35.1 Å². The van der Waals surface area contributed by atoms with Gasteiger partial charge in [0, 0.05) is 5.39 Å². The molecule has 2 aromatic carbocycles. The second-order valence-corrected chi connectivity index (χ2v) is 6.95. The lowest BCUT2D eigenvalue weighted by molar-refractivity contribution is -0.119. The van der Waals surface area contributed by atoms with E-state index >= 15 is 0 Å². The first kappa shape index (κ1) is 19.5. The van der Waals surface area contributed by atoms with E-state index in [0.29, 0.717) is 11.3 Å². The minimum atomic E-state index is -1.67. The zero-order chi connectivity index (χ0) is 21.4. The van der Waals surface area contributed by atoms with E-state index in [1.807, 2.05) is 0 Å². The van der Waals surface area contributed by atoms with Crippen LogP contribution in [0.5, 0.6) is 0 Å². The Hall–Kier alpha value is -3.80. The number of esters is 1. The fourth-order valence-electron chi connectivity index (χ4n) is 2.65. The summed E-state index contributed by atoms with van der Waals surface area (Å²) in [5.74, 6) is -6.30. The van der Waals surface area contributed by atoms with E-state index in [0.717, 1.165) is 6.07 Å².